The van der Waals surface area contributed by atoms with E-state index in [1.54, 1.807) is 0 Å². The maximum atomic E-state index is 6.14. The molecule has 0 saturated carbocycles. The Morgan fingerprint density at radius 2 is 1.85 bits per heavy atom. The molecule has 170 valence electrons. The summed E-state index contributed by atoms with van der Waals surface area (Å²) in [5.41, 5.74) is 11.8. The molecule has 4 aromatic rings. The minimum absolute atomic E-state index is 0.435. The van der Waals surface area contributed by atoms with Gasteiger partial charge in [-0.15, -0.1) is 0 Å². The van der Waals surface area contributed by atoms with E-state index in [4.69, 9.17) is 15.7 Å². The summed E-state index contributed by atoms with van der Waals surface area (Å²) in [4.78, 5) is 12.7. The topological polar surface area (TPSA) is 72.0 Å². The van der Waals surface area contributed by atoms with E-state index < -0.39 is 0 Å². The number of benzene rings is 2. The zero-order valence-electron chi connectivity index (χ0n) is 19.3. The molecule has 0 amide bonds. The molecule has 3 N–H and O–H groups in total. The van der Waals surface area contributed by atoms with Crippen molar-refractivity contribution in [1.82, 2.24) is 19.4 Å². The number of nitrogens with zero attached hydrogens (tertiary/aromatic N) is 4. The van der Waals surface area contributed by atoms with Crippen LogP contribution in [-0.4, -0.2) is 32.5 Å². The molecule has 33 heavy (non-hydrogen) atoms. The first kappa shape index (κ1) is 21.6. The van der Waals surface area contributed by atoms with Crippen molar-refractivity contribution in [3.8, 4) is 5.95 Å². The zero-order valence-corrected chi connectivity index (χ0v) is 19.3. The molecule has 2 aromatic carbocycles. The lowest BCUT2D eigenvalue weighted by molar-refractivity contribution is 0.246. The lowest BCUT2D eigenvalue weighted by atomic mass is 10.0. The number of rotatable bonds is 8. The summed E-state index contributed by atoms with van der Waals surface area (Å²) in [6.07, 6.45) is 3.38. The van der Waals surface area contributed by atoms with Gasteiger partial charge in [-0.05, 0) is 37.1 Å². The largest absolute Gasteiger partial charge is 0.366 e. The fraction of sp³-hybridized carbons (Fsp3) is 0.333. The number of nitrogens with two attached hydrogens (primary N) is 1. The second-order valence-electron chi connectivity index (χ2n) is 8.75. The van der Waals surface area contributed by atoms with E-state index in [0.717, 1.165) is 60.7 Å². The Kier molecular flexibility index (Phi) is 6.37. The summed E-state index contributed by atoms with van der Waals surface area (Å²) in [6.45, 7) is 6.44. The van der Waals surface area contributed by atoms with Crippen molar-refractivity contribution < 1.29 is 0 Å². The number of para-hydroxylation sites is 1. The predicted molar refractivity (Wildman–Crippen MR) is 134 cm³/mol. The van der Waals surface area contributed by atoms with Gasteiger partial charge in [-0.2, -0.15) is 4.98 Å². The SMILES string of the molecule is CCCCN1CCc2c(nc(-n3c(CN)cc4ccccc43)nc2NCc2ccccc2)C1. The van der Waals surface area contributed by atoms with E-state index in [2.05, 4.69) is 76.3 Å². The van der Waals surface area contributed by atoms with Crippen molar-refractivity contribution in [3.63, 3.8) is 0 Å². The number of anilines is 1. The van der Waals surface area contributed by atoms with Gasteiger partial charge in [0.25, 0.3) is 0 Å². The summed E-state index contributed by atoms with van der Waals surface area (Å²) >= 11 is 0. The fourth-order valence-corrected chi connectivity index (χ4v) is 4.67. The summed E-state index contributed by atoms with van der Waals surface area (Å²) in [7, 11) is 0. The van der Waals surface area contributed by atoms with Crippen molar-refractivity contribution in [3.05, 3.63) is 83.2 Å². The van der Waals surface area contributed by atoms with Crippen LogP contribution in [0, 0.1) is 0 Å². The number of fused-ring (bicyclic) bond motifs is 2. The maximum absolute atomic E-state index is 6.14. The van der Waals surface area contributed by atoms with Crippen LogP contribution in [0.5, 0.6) is 0 Å². The third-order valence-corrected chi connectivity index (χ3v) is 6.46. The van der Waals surface area contributed by atoms with Crippen LogP contribution in [0.2, 0.25) is 0 Å². The summed E-state index contributed by atoms with van der Waals surface area (Å²) < 4.78 is 2.12. The lowest BCUT2D eigenvalue weighted by Gasteiger charge is -2.29. The van der Waals surface area contributed by atoms with Crippen molar-refractivity contribution >= 4 is 16.7 Å². The van der Waals surface area contributed by atoms with Gasteiger partial charge < -0.3 is 11.1 Å². The molecule has 0 spiro atoms. The predicted octanol–water partition coefficient (Wildman–Crippen LogP) is 4.65. The summed E-state index contributed by atoms with van der Waals surface area (Å²) in [5.74, 6) is 1.64. The van der Waals surface area contributed by atoms with Crippen molar-refractivity contribution in [2.24, 2.45) is 5.73 Å². The van der Waals surface area contributed by atoms with Crippen LogP contribution in [0.3, 0.4) is 0 Å². The second-order valence-corrected chi connectivity index (χ2v) is 8.75. The summed E-state index contributed by atoms with van der Waals surface area (Å²) in [6, 6.07) is 20.9. The van der Waals surface area contributed by atoms with Crippen LogP contribution in [0.15, 0.2) is 60.7 Å². The molecule has 0 saturated heterocycles. The van der Waals surface area contributed by atoms with Crippen molar-refractivity contribution in [1.29, 1.82) is 0 Å². The smallest absolute Gasteiger partial charge is 0.236 e. The van der Waals surface area contributed by atoms with Gasteiger partial charge in [0.15, 0.2) is 0 Å². The Morgan fingerprint density at radius 3 is 2.67 bits per heavy atom. The highest BCUT2D eigenvalue weighted by Crippen LogP contribution is 2.28. The van der Waals surface area contributed by atoms with Gasteiger partial charge >= 0.3 is 0 Å². The van der Waals surface area contributed by atoms with Crippen LogP contribution in [0.25, 0.3) is 16.9 Å². The van der Waals surface area contributed by atoms with E-state index in [9.17, 15) is 0 Å². The van der Waals surface area contributed by atoms with Gasteiger partial charge in [-0.1, -0.05) is 61.9 Å². The number of aromatic nitrogens is 3. The second kappa shape index (κ2) is 9.73. The van der Waals surface area contributed by atoms with Gasteiger partial charge in [-0.3, -0.25) is 9.47 Å². The standard InChI is InChI=1S/C27H32N6/c1-2-3-14-32-15-13-23-24(19-32)30-27(31-26(23)29-18-20-9-5-4-6-10-20)33-22(17-28)16-21-11-7-8-12-25(21)33/h4-12,16H,2-3,13-15,17-19,28H2,1H3,(H,29,30,31). The van der Waals surface area contributed by atoms with Gasteiger partial charge in [-0.25, -0.2) is 4.98 Å². The quantitative estimate of drug-likeness (QED) is 0.417. The van der Waals surface area contributed by atoms with Crippen LogP contribution in [-0.2, 0) is 26.1 Å². The highest BCUT2D eigenvalue weighted by atomic mass is 15.2. The van der Waals surface area contributed by atoms with Crippen LogP contribution in [0.1, 0.15) is 42.3 Å². The Bertz CT molecular complexity index is 1230. The molecule has 0 aliphatic carbocycles. The molecular formula is C27H32N6. The van der Waals surface area contributed by atoms with E-state index >= 15 is 0 Å². The zero-order chi connectivity index (χ0) is 22.6. The van der Waals surface area contributed by atoms with Gasteiger partial charge in [0.2, 0.25) is 5.95 Å². The highest BCUT2D eigenvalue weighted by molar-refractivity contribution is 5.82. The number of hydrogen-bond acceptors (Lipinski definition) is 5. The third-order valence-electron chi connectivity index (χ3n) is 6.46. The average molecular weight is 441 g/mol. The Labute approximate surface area is 195 Å². The van der Waals surface area contributed by atoms with Crippen LogP contribution in [0.4, 0.5) is 5.82 Å². The highest BCUT2D eigenvalue weighted by Gasteiger charge is 2.23. The number of nitrogens with one attached hydrogen (secondary N) is 1. The van der Waals surface area contributed by atoms with Crippen LogP contribution < -0.4 is 11.1 Å². The summed E-state index contributed by atoms with van der Waals surface area (Å²) in [5, 5.41) is 4.78. The van der Waals surface area contributed by atoms with Gasteiger partial charge in [0, 0.05) is 42.8 Å². The monoisotopic (exact) mass is 440 g/mol. The molecule has 0 fully saturated rings. The van der Waals surface area contributed by atoms with E-state index in [1.165, 1.54) is 24.0 Å². The number of unbranched alkanes of at least 4 members (excludes halogenated alkanes) is 1. The molecule has 1 aliphatic rings. The Balaban J connectivity index is 1.57. The molecule has 2 aromatic heterocycles. The normalized spacial score (nSPS) is 13.9. The molecule has 1 aliphatic heterocycles. The molecule has 0 unspecified atom stereocenters. The minimum Gasteiger partial charge on any atom is -0.366 e. The number of hydrogen-bond donors (Lipinski definition) is 2. The van der Waals surface area contributed by atoms with Crippen molar-refractivity contribution in [2.75, 3.05) is 18.4 Å². The average Bonchev–Trinajstić information content (AvgIpc) is 3.25. The Hall–Kier alpha value is -3.22. The molecule has 0 bridgehead atoms. The maximum Gasteiger partial charge on any atom is 0.236 e. The first-order valence-corrected chi connectivity index (χ1v) is 12.0. The third kappa shape index (κ3) is 4.49. The molecule has 6 nitrogen and oxygen atoms in total. The first-order valence-electron chi connectivity index (χ1n) is 12.0. The van der Waals surface area contributed by atoms with E-state index in [0.29, 0.717) is 12.5 Å². The first-order chi connectivity index (χ1) is 16.3. The fourth-order valence-electron chi connectivity index (χ4n) is 4.67. The van der Waals surface area contributed by atoms with Crippen molar-refractivity contribution in [2.45, 2.75) is 45.8 Å². The van der Waals surface area contributed by atoms with Gasteiger partial charge in [0.1, 0.15) is 5.82 Å². The molecular weight excluding hydrogens is 408 g/mol. The molecule has 0 atom stereocenters. The lowest BCUT2D eigenvalue weighted by Crippen LogP contribution is -2.33. The van der Waals surface area contributed by atoms with E-state index in [-0.39, 0.29) is 0 Å². The van der Waals surface area contributed by atoms with Crippen LogP contribution >= 0.6 is 0 Å². The molecule has 5 rings (SSSR count). The Morgan fingerprint density at radius 1 is 1.03 bits per heavy atom. The molecule has 3 heterocycles. The minimum atomic E-state index is 0.435. The van der Waals surface area contributed by atoms with E-state index in [1.807, 2.05) is 6.07 Å². The molecule has 0 radical (unpaired) electrons. The molecule has 6 heteroatoms. The van der Waals surface area contributed by atoms with Gasteiger partial charge in [0.05, 0.1) is 11.2 Å².